The number of hydrogen-bond acceptors (Lipinski definition) is 2. The largest absolute Gasteiger partial charge is 0.294 e. The van der Waals surface area contributed by atoms with Crippen LogP contribution < -0.4 is 0 Å². The summed E-state index contributed by atoms with van der Waals surface area (Å²) in [5.41, 5.74) is 0.551. The third-order valence-electron chi connectivity index (χ3n) is 1.84. The zero-order valence-electron chi connectivity index (χ0n) is 9.84. The fourth-order valence-corrected chi connectivity index (χ4v) is 1.57. The van der Waals surface area contributed by atoms with Gasteiger partial charge in [-0.05, 0) is 30.6 Å². The zero-order chi connectivity index (χ0) is 12.8. The summed E-state index contributed by atoms with van der Waals surface area (Å²) in [5, 5.41) is 0. The van der Waals surface area contributed by atoms with Crippen molar-refractivity contribution in [2.45, 2.75) is 25.7 Å². The average Bonchev–Trinajstić information content (AvgIpc) is 2.17. The maximum atomic E-state index is 10.6. The smallest absolute Gasteiger partial charge is 0.282 e. The lowest BCUT2D eigenvalue weighted by molar-refractivity contribution is 0.482. The molecular formula is C11H19O3PS. The molecule has 1 unspecified atom stereocenters. The minimum atomic E-state index is -4.03. The SMILES string of the molecule is CC(C)CP.Cc1ccccc1S(=O)(=O)O. The Kier molecular flexibility index (Phi) is 6.81. The lowest BCUT2D eigenvalue weighted by atomic mass is 10.2. The van der Waals surface area contributed by atoms with Gasteiger partial charge in [0.1, 0.15) is 0 Å². The standard InChI is InChI=1S/C7H8O3S.C4H11P/c1-6-4-2-3-5-7(6)11(8,9)10;1-4(2)3-5/h2-5H,1H3,(H,8,9,10);4H,3,5H2,1-2H3. The summed E-state index contributed by atoms with van der Waals surface area (Å²) in [5.74, 6) is 0.847. The Hall–Kier alpha value is -0.440. The first-order valence-electron chi connectivity index (χ1n) is 5.02. The maximum Gasteiger partial charge on any atom is 0.294 e. The molecule has 0 saturated carbocycles. The van der Waals surface area contributed by atoms with E-state index in [-0.39, 0.29) is 4.90 Å². The van der Waals surface area contributed by atoms with Crippen LogP contribution in [0, 0.1) is 12.8 Å². The Bertz CT molecular complexity index is 413. The third kappa shape index (κ3) is 6.21. The fourth-order valence-electron chi connectivity index (χ4n) is 0.846. The highest BCUT2D eigenvalue weighted by molar-refractivity contribution is 7.85. The number of benzene rings is 1. The first kappa shape index (κ1) is 15.6. The number of hydrogen-bond donors (Lipinski definition) is 1. The fraction of sp³-hybridized carbons (Fsp3) is 0.455. The molecule has 0 spiro atoms. The van der Waals surface area contributed by atoms with E-state index in [9.17, 15) is 8.42 Å². The van der Waals surface area contributed by atoms with E-state index in [1.165, 1.54) is 12.2 Å². The van der Waals surface area contributed by atoms with Gasteiger partial charge in [-0.25, -0.2) is 0 Å². The van der Waals surface area contributed by atoms with Gasteiger partial charge in [0.2, 0.25) is 0 Å². The molecule has 0 aliphatic heterocycles. The molecule has 92 valence electrons. The number of aryl methyl sites for hydroxylation is 1. The topological polar surface area (TPSA) is 54.4 Å². The molecule has 0 fully saturated rings. The van der Waals surface area contributed by atoms with Crippen molar-refractivity contribution in [3.05, 3.63) is 29.8 Å². The third-order valence-corrected chi connectivity index (χ3v) is 3.80. The minimum absolute atomic E-state index is 0.0278. The van der Waals surface area contributed by atoms with E-state index in [4.69, 9.17) is 4.55 Å². The van der Waals surface area contributed by atoms with Crippen molar-refractivity contribution in [1.29, 1.82) is 0 Å². The molecule has 1 aromatic carbocycles. The second-order valence-corrected chi connectivity index (χ2v) is 5.73. The second-order valence-electron chi connectivity index (χ2n) is 3.87. The predicted molar refractivity (Wildman–Crippen MR) is 70.4 cm³/mol. The quantitative estimate of drug-likeness (QED) is 0.658. The summed E-state index contributed by atoms with van der Waals surface area (Å²) in [6, 6.07) is 6.27. The zero-order valence-corrected chi connectivity index (χ0v) is 11.8. The second kappa shape index (κ2) is 7.00. The van der Waals surface area contributed by atoms with E-state index < -0.39 is 10.1 Å². The predicted octanol–water partition coefficient (Wildman–Crippen LogP) is 2.76. The van der Waals surface area contributed by atoms with Gasteiger partial charge in [-0.2, -0.15) is 8.42 Å². The molecule has 0 aliphatic rings. The van der Waals surface area contributed by atoms with Crippen molar-refractivity contribution >= 4 is 19.4 Å². The van der Waals surface area contributed by atoms with Gasteiger partial charge in [-0.3, -0.25) is 4.55 Å². The molecule has 0 saturated heterocycles. The summed E-state index contributed by atoms with van der Waals surface area (Å²) >= 11 is 0. The van der Waals surface area contributed by atoms with Crippen LogP contribution in [0.5, 0.6) is 0 Å². The van der Waals surface area contributed by atoms with Gasteiger partial charge >= 0.3 is 0 Å². The molecule has 0 amide bonds. The minimum Gasteiger partial charge on any atom is -0.282 e. The summed E-state index contributed by atoms with van der Waals surface area (Å²) in [4.78, 5) is -0.0278. The lowest BCUT2D eigenvalue weighted by Gasteiger charge is -1.99. The summed E-state index contributed by atoms with van der Waals surface area (Å²) in [6.07, 6.45) is 1.22. The molecule has 1 N–H and O–H groups in total. The van der Waals surface area contributed by atoms with Gasteiger partial charge in [0, 0.05) is 0 Å². The first-order chi connectivity index (χ1) is 7.29. The molecule has 1 rings (SSSR count). The Morgan fingerprint density at radius 2 is 1.75 bits per heavy atom. The van der Waals surface area contributed by atoms with Gasteiger partial charge in [-0.15, -0.1) is 9.24 Å². The molecule has 16 heavy (non-hydrogen) atoms. The molecule has 1 atom stereocenters. The van der Waals surface area contributed by atoms with Gasteiger partial charge in [0.25, 0.3) is 10.1 Å². The summed E-state index contributed by atoms with van der Waals surface area (Å²) in [7, 11) is -1.34. The van der Waals surface area contributed by atoms with E-state index in [0.717, 1.165) is 5.92 Å². The van der Waals surface area contributed by atoms with Crippen LogP contribution in [0.2, 0.25) is 0 Å². The Balaban J connectivity index is 0.000000385. The number of rotatable bonds is 2. The summed E-state index contributed by atoms with van der Waals surface area (Å²) < 4.78 is 29.9. The van der Waals surface area contributed by atoms with Crippen molar-refractivity contribution in [1.82, 2.24) is 0 Å². The van der Waals surface area contributed by atoms with Gasteiger partial charge in [0.15, 0.2) is 0 Å². The van der Waals surface area contributed by atoms with Crippen LogP contribution in [-0.4, -0.2) is 19.1 Å². The van der Waals surface area contributed by atoms with E-state index in [1.807, 2.05) is 0 Å². The van der Waals surface area contributed by atoms with Gasteiger partial charge in [0.05, 0.1) is 4.90 Å². The highest BCUT2D eigenvalue weighted by Gasteiger charge is 2.10. The molecule has 0 heterocycles. The van der Waals surface area contributed by atoms with Crippen molar-refractivity contribution < 1.29 is 13.0 Å². The van der Waals surface area contributed by atoms with Gasteiger partial charge < -0.3 is 0 Å². The first-order valence-corrected chi connectivity index (χ1v) is 7.28. The molecule has 3 nitrogen and oxygen atoms in total. The molecule has 5 heteroatoms. The van der Waals surface area contributed by atoms with Crippen LogP contribution in [0.3, 0.4) is 0 Å². The Morgan fingerprint density at radius 3 is 2.00 bits per heavy atom. The van der Waals surface area contributed by atoms with Crippen LogP contribution in [0.15, 0.2) is 29.2 Å². The molecule has 0 bridgehead atoms. The molecule has 0 aliphatic carbocycles. The van der Waals surface area contributed by atoms with Crippen LogP contribution in [0.25, 0.3) is 0 Å². The Labute approximate surface area is 100 Å². The molecule has 1 aromatic rings. The van der Waals surface area contributed by atoms with Crippen molar-refractivity contribution in [3.63, 3.8) is 0 Å². The monoisotopic (exact) mass is 262 g/mol. The van der Waals surface area contributed by atoms with Gasteiger partial charge in [-0.1, -0.05) is 32.0 Å². The summed E-state index contributed by atoms with van der Waals surface area (Å²) in [6.45, 7) is 6.03. The molecule has 0 aromatic heterocycles. The Morgan fingerprint density at radius 1 is 1.31 bits per heavy atom. The van der Waals surface area contributed by atoms with Crippen LogP contribution in [0.4, 0.5) is 0 Å². The average molecular weight is 262 g/mol. The molecular weight excluding hydrogens is 243 g/mol. The van der Waals surface area contributed by atoms with Crippen LogP contribution >= 0.6 is 9.24 Å². The lowest BCUT2D eigenvalue weighted by Crippen LogP contribution is -1.99. The van der Waals surface area contributed by atoms with Crippen molar-refractivity contribution in [2.75, 3.05) is 6.16 Å². The van der Waals surface area contributed by atoms with E-state index in [1.54, 1.807) is 25.1 Å². The van der Waals surface area contributed by atoms with E-state index in [0.29, 0.717) is 5.56 Å². The van der Waals surface area contributed by atoms with E-state index in [2.05, 4.69) is 23.1 Å². The van der Waals surface area contributed by atoms with Crippen molar-refractivity contribution in [2.24, 2.45) is 5.92 Å². The van der Waals surface area contributed by atoms with Crippen LogP contribution in [0.1, 0.15) is 19.4 Å². The highest BCUT2D eigenvalue weighted by atomic mass is 32.2. The maximum absolute atomic E-state index is 10.6. The van der Waals surface area contributed by atoms with Crippen molar-refractivity contribution in [3.8, 4) is 0 Å². The molecule has 0 radical (unpaired) electrons. The normalized spacial score (nSPS) is 10.9. The highest BCUT2D eigenvalue weighted by Crippen LogP contribution is 2.12. The van der Waals surface area contributed by atoms with Crippen LogP contribution in [-0.2, 0) is 10.1 Å². The van der Waals surface area contributed by atoms with E-state index >= 15 is 0 Å².